The van der Waals surface area contributed by atoms with Crippen LogP contribution in [0.5, 0.6) is 0 Å². The van der Waals surface area contributed by atoms with Crippen molar-refractivity contribution in [3.8, 4) is 0 Å². The van der Waals surface area contributed by atoms with Gasteiger partial charge in [-0.2, -0.15) is 0 Å². The quantitative estimate of drug-likeness (QED) is 0.803. The number of hydrogen-bond acceptors (Lipinski definition) is 3. The lowest BCUT2D eigenvalue weighted by molar-refractivity contribution is 0.139. The van der Waals surface area contributed by atoms with Gasteiger partial charge in [-0.05, 0) is 42.8 Å². The molecule has 1 spiro atoms. The Kier molecular flexibility index (Phi) is 3.07. The van der Waals surface area contributed by atoms with Gasteiger partial charge in [0.2, 0.25) is 0 Å². The first-order valence-electron chi connectivity index (χ1n) is 7.63. The van der Waals surface area contributed by atoms with Gasteiger partial charge in [-0.15, -0.1) is 0 Å². The van der Waals surface area contributed by atoms with Gasteiger partial charge < -0.3 is 9.64 Å². The summed E-state index contributed by atoms with van der Waals surface area (Å²) in [7, 11) is 0. The van der Waals surface area contributed by atoms with Crippen LogP contribution in [-0.2, 0) is 4.74 Å². The summed E-state index contributed by atoms with van der Waals surface area (Å²) < 4.78 is 19.2. The number of aromatic nitrogens is 1. The molecule has 3 heterocycles. The Bertz CT molecular complexity index is 667. The highest BCUT2D eigenvalue weighted by molar-refractivity contribution is 5.92. The highest BCUT2D eigenvalue weighted by Crippen LogP contribution is 2.40. The number of benzene rings is 1. The van der Waals surface area contributed by atoms with Crippen LogP contribution in [0.4, 0.5) is 10.2 Å². The van der Waals surface area contributed by atoms with Crippen molar-refractivity contribution in [1.29, 1.82) is 0 Å². The second-order valence-electron chi connectivity index (χ2n) is 6.33. The van der Waals surface area contributed by atoms with Crippen molar-refractivity contribution in [2.75, 3.05) is 31.2 Å². The number of nitrogens with zero attached hydrogens (tertiary/aromatic N) is 2. The van der Waals surface area contributed by atoms with Gasteiger partial charge in [0.1, 0.15) is 11.6 Å². The largest absolute Gasteiger partial charge is 0.381 e. The molecule has 0 saturated carbocycles. The molecule has 0 amide bonds. The molecule has 2 aliphatic rings. The summed E-state index contributed by atoms with van der Waals surface area (Å²) in [5.74, 6) is 0.714. The molecule has 110 valence electrons. The van der Waals surface area contributed by atoms with Crippen molar-refractivity contribution >= 4 is 16.6 Å². The summed E-state index contributed by atoms with van der Waals surface area (Å²) in [5, 5.41) is 1.96. The highest BCUT2D eigenvalue weighted by Gasteiger charge is 2.39. The predicted molar refractivity (Wildman–Crippen MR) is 81.0 cm³/mol. The van der Waals surface area contributed by atoms with Crippen molar-refractivity contribution in [2.24, 2.45) is 5.41 Å². The molecular formula is C17H19FN2O. The van der Waals surface area contributed by atoms with Gasteiger partial charge in [-0.25, -0.2) is 9.37 Å². The van der Waals surface area contributed by atoms with Crippen LogP contribution in [-0.4, -0.2) is 31.3 Å². The van der Waals surface area contributed by atoms with Crippen molar-refractivity contribution in [1.82, 2.24) is 4.98 Å². The van der Waals surface area contributed by atoms with E-state index in [1.807, 2.05) is 18.3 Å². The van der Waals surface area contributed by atoms with Gasteiger partial charge in [-0.1, -0.05) is 6.07 Å². The maximum absolute atomic E-state index is 13.6. The van der Waals surface area contributed by atoms with Crippen LogP contribution in [0.1, 0.15) is 19.3 Å². The van der Waals surface area contributed by atoms with E-state index in [1.54, 1.807) is 6.07 Å². The lowest BCUT2D eigenvalue weighted by atomic mass is 9.79. The molecule has 2 saturated heterocycles. The van der Waals surface area contributed by atoms with E-state index in [4.69, 9.17) is 4.74 Å². The van der Waals surface area contributed by atoms with Crippen LogP contribution < -0.4 is 4.90 Å². The van der Waals surface area contributed by atoms with Crippen LogP contribution in [0.3, 0.4) is 0 Å². The fourth-order valence-electron chi connectivity index (χ4n) is 3.74. The Hall–Kier alpha value is -1.68. The third-order valence-corrected chi connectivity index (χ3v) is 4.85. The molecule has 3 nitrogen and oxygen atoms in total. The first-order valence-corrected chi connectivity index (χ1v) is 7.63. The Labute approximate surface area is 123 Å². The SMILES string of the molecule is Fc1ccc2ccnc(N3CCC[C@@]4(CCOC4)C3)c2c1. The molecule has 0 aliphatic carbocycles. The van der Waals surface area contributed by atoms with Crippen molar-refractivity contribution < 1.29 is 9.13 Å². The average Bonchev–Trinajstić information content (AvgIpc) is 2.94. The van der Waals surface area contributed by atoms with Crippen LogP contribution in [0.2, 0.25) is 0 Å². The Morgan fingerprint density at radius 2 is 2.19 bits per heavy atom. The number of hydrogen-bond donors (Lipinski definition) is 0. The van der Waals surface area contributed by atoms with E-state index in [0.717, 1.165) is 55.7 Å². The van der Waals surface area contributed by atoms with Crippen LogP contribution in [0.15, 0.2) is 30.5 Å². The zero-order chi connectivity index (χ0) is 14.3. The molecule has 1 aromatic heterocycles. The fraction of sp³-hybridized carbons (Fsp3) is 0.471. The maximum atomic E-state index is 13.6. The normalized spacial score (nSPS) is 25.9. The van der Waals surface area contributed by atoms with E-state index >= 15 is 0 Å². The van der Waals surface area contributed by atoms with Gasteiger partial charge in [0.05, 0.1) is 6.61 Å². The number of fused-ring (bicyclic) bond motifs is 1. The molecule has 21 heavy (non-hydrogen) atoms. The van der Waals surface area contributed by atoms with Gasteiger partial charge in [-0.3, -0.25) is 0 Å². The minimum atomic E-state index is -0.201. The Balaban J connectivity index is 1.74. The lowest BCUT2D eigenvalue weighted by Gasteiger charge is -2.40. The lowest BCUT2D eigenvalue weighted by Crippen LogP contribution is -2.44. The smallest absolute Gasteiger partial charge is 0.136 e. The predicted octanol–water partition coefficient (Wildman–Crippen LogP) is 3.38. The van der Waals surface area contributed by atoms with Gasteiger partial charge in [0.25, 0.3) is 0 Å². The minimum absolute atomic E-state index is 0.201. The van der Waals surface area contributed by atoms with E-state index in [0.29, 0.717) is 0 Å². The first kappa shape index (κ1) is 13.0. The van der Waals surface area contributed by atoms with Crippen LogP contribution in [0, 0.1) is 11.2 Å². The second-order valence-corrected chi connectivity index (χ2v) is 6.33. The fourth-order valence-corrected chi connectivity index (χ4v) is 3.74. The Morgan fingerprint density at radius 1 is 1.24 bits per heavy atom. The van der Waals surface area contributed by atoms with Gasteiger partial charge >= 0.3 is 0 Å². The number of halogens is 1. The molecule has 0 unspecified atom stereocenters. The summed E-state index contributed by atoms with van der Waals surface area (Å²) >= 11 is 0. The molecule has 0 radical (unpaired) electrons. The van der Waals surface area contributed by atoms with E-state index in [2.05, 4.69) is 9.88 Å². The van der Waals surface area contributed by atoms with Gasteiger partial charge in [0, 0.05) is 36.7 Å². The zero-order valence-corrected chi connectivity index (χ0v) is 12.0. The molecule has 2 aliphatic heterocycles. The molecule has 0 N–H and O–H groups in total. The first-order chi connectivity index (χ1) is 10.3. The zero-order valence-electron chi connectivity index (χ0n) is 12.0. The molecule has 1 aromatic carbocycles. The van der Waals surface area contributed by atoms with Crippen molar-refractivity contribution in [3.05, 3.63) is 36.3 Å². The number of ether oxygens (including phenoxy) is 1. The average molecular weight is 286 g/mol. The number of piperidine rings is 1. The monoisotopic (exact) mass is 286 g/mol. The number of pyridine rings is 1. The van der Waals surface area contributed by atoms with Crippen molar-refractivity contribution in [2.45, 2.75) is 19.3 Å². The summed E-state index contributed by atoms with van der Waals surface area (Å²) in [6.45, 7) is 3.67. The van der Waals surface area contributed by atoms with Crippen LogP contribution >= 0.6 is 0 Å². The summed E-state index contributed by atoms with van der Waals surface area (Å²) in [6, 6.07) is 6.88. The van der Waals surface area contributed by atoms with Crippen LogP contribution in [0.25, 0.3) is 10.8 Å². The summed E-state index contributed by atoms with van der Waals surface area (Å²) in [5.41, 5.74) is 0.273. The van der Waals surface area contributed by atoms with E-state index in [1.165, 1.54) is 12.5 Å². The highest BCUT2D eigenvalue weighted by atomic mass is 19.1. The van der Waals surface area contributed by atoms with E-state index in [9.17, 15) is 4.39 Å². The second kappa shape index (κ2) is 4.95. The molecule has 2 aromatic rings. The molecular weight excluding hydrogens is 267 g/mol. The molecule has 2 fully saturated rings. The molecule has 0 bridgehead atoms. The van der Waals surface area contributed by atoms with Crippen molar-refractivity contribution in [3.63, 3.8) is 0 Å². The van der Waals surface area contributed by atoms with E-state index < -0.39 is 0 Å². The third kappa shape index (κ3) is 2.27. The summed E-state index contributed by atoms with van der Waals surface area (Å²) in [4.78, 5) is 6.86. The molecule has 1 atom stereocenters. The minimum Gasteiger partial charge on any atom is -0.381 e. The summed E-state index contributed by atoms with van der Waals surface area (Å²) in [6.07, 6.45) is 5.32. The number of anilines is 1. The van der Waals surface area contributed by atoms with Gasteiger partial charge in [0.15, 0.2) is 0 Å². The third-order valence-electron chi connectivity index (χ3n) is 4.85. The van der Waals surface area contributed by atoms with E-state index in [-0.39, 0.29) is 11.2 Å². The topological polar surface area (TPSA) is 25.4 Å². The standard InChI is InChI=1S/C17H19FN2O/c18-14-3-2-13-4-7-19-16(15(13)10-14)20-8-1-5-17(11-20)6-9-21-12-17/h2-4,7,10H,1,5-6,8-9,11-12H2/t17-/m1/s1. The number of rotatable bonds is 1. The molecule has 4 rings (SSSR count). The molecule has 4 heteroatoms. The Morgan fingerprint density at radius 3 is 3.05 bits per heavy atom. The maximum Gasteiger partial charge on any atom is 0.136 e.